The number of ether oxygens (including phenoxy) is 1. The SMILES string of the molecule is O=C(Nc1ccc(Oc2ccccc2)cc1)C1Nc2ccccc2S(=O)(=O)N1. The van der Waals surface area contributed by atoms with Crippen LogP contribution in [0.2, 0.25) is 0 Å². The summed E-state index contributed by atoms with van der Waals surface area (Å²) in [5.41, 5.74) is 0.901. The fourth-order valence-electron chi connectivity index (χ4n) is 2.79. The predicted molar refractivity (Wildman–Crippen MR) is 106 cm³/mol. The Morgan fingerprint density at radius 1 is 0.857 bits per heavy atom. The summed E-state index contributed by atoms with van der Waals surface area (Å²) >= 11 is 0. The molecule has 0 radical (unpaired) electrons. The van der Waals surface area contributed by atoms with Crippen molar-refractivity contribution in [2.45, 2.75) is 11.1 Å². The maximum Gasteiger partial charge on any atom is 0.262 e. The lowest BCUT2D eigenvalue weighted by Gasteiger charge is -2.27. The minimum absolute atomic E-state index is 0.112. The van der Waals surface area contributed by atoms with Gasteiger partial charge in [-0.3, -0.25) is 4.79 Å². The van der Waals surface area contributed by atoms with Gasteiger partial charge in [-0.05, 0) is 48.5 Å². The van der Waals surface area contributed by atoms with Crippen molar-refractivity contribution in [3.8, 4) is 11.5 Å². The Hall–Kier alpha value is -3.36. The average Bonchev–Trinajstić information content (AvgIpc) is 2.70. The Labute approximate surface area is 162 Å². The van der Waals surface area contributed by atoms with Crippen molar-refractivity contribution in [3.63, 3.8) is 0 Å². The molecule has 0 spiro atoms. The first-order chi connectivity index (χ1) is 13.5. The van der Waals surface area contributed by atoms with Gasteiger partial charge in [-0.25, -0.2) is 8.42 Å². The summed E-state index contributed by atoms with van der Waals surface area (Å²) in [4.78, 5) is 12.6. The number of amides is 1. The third kappa shape index (κ3) is 3.83. The number of hydrogen-bond acceptors (Lipinski definition) is 5. The zero-order chi connectivity index (χ0) is 19.6. The maximum absolute atomic E-state index is 12.5. The Kier molecular flexibility index (Phi) is 4.72. The van der Waals surface area contributed by atoms with E-state index in [4.69, 9.17) is 4.74 Å². The summed E-state index contributed by atoms with van der Waals surface area (Å²) in [6.07, 6.45) is -1.11. The van der Waals surface area contributed by atoms with Crippen LogP contribution in [0.15, 0.2) is 83.8 Å². The molecular weight excluding hydrogens is 378 g/mol. The van der Waals surface area contributed by atoms with Gasteiger partial charge in [0.15, 0.2) is 6.17 Å². The number of nitrogens with one attached hydrogen (secondary N) is 3. The molecule has 4 rings (SSSR count). The van der Waals surface area contributed by atoms with E-state index in [0.717, 1.165) is 0 Å². The molecule has 1 unspecified atom stereocenters. The topological polar surface area (TPSA) is 96.5 Å². The molecule has 1 aliphatic rings. The van der Waals surface area contributed by atoms with E-state index < -0.39 is 22.1 Å². The van der Waals surface area contributed by atoms with Gasteiger partial charge in [-0.15, -0.1) is 0 Å². The van der Waals surface area contributed by atoms with Crippen LogP contribution in [0.5, 0.6) is 11.5 Å². The van der Waals surface area contributed by atoms with Crippen molar-refractivity contribution in [1.82, 2.24) is 4.72 Å². The van der Waals surface area contributed by atoms with E-state index in [9.17, 15) is 13.2 Å². The third-order valence-electron chi connectivity index (χ3n) is 4.11. The highest BCUT2D eigenvalue weighted by Gasteiger charge is 2.32. The summed E-state index contributed by atoms with van der Waals surface area (Å²) in [6, 6.07) is 22.6. The van der Waals surface area contributed by atoms with Crippen molar-refractivity contribution in [1.29, 1.82) is 0 Å². The molecule has 1 amide bonds. The highest BCUT2D eigenvalue weighted by Crippen LogP contribution is 2.26. The summed E-state index contributed by atoms with van der Waals surface area (Å²) in [5.74, 6) is 0.809. The molecule has 8 heteroatoms. The van der Waals surface area contributed by atoms with Gasteiger partial charge in [0.1, 0.15) is 16.4 Å². The summed E-state index contributed by atoms with van der Waals surface area (Å²) in [7, 11) is -3.76. The predicted octanol–water partition coefficient (Wildman–Crippen LogP) is 3.15. The highest BCUT2D eigenvalue weighted by molar-refractivity contribution is 7.89. The fraction of sp³-hybridized carbons (Fsp3) is 0.0500. The van der Waals surface area contributed by atoms with Crippen LogP contribution < -0.4 is 20.1 Å². The molecule has 0 bridgehead atoms. The summed E-state index contributed by atoms with van der Waals surface area (Å²) < 4.78 is 32.7. The molecule has 0 fully saturated rings. The standard InChI is InChI=1S/C20H17N3O4S/c24-20(19-22-17-8-4-5-9-18(17)28(25,26)23-19)21-14-10-12-16(13-11-14)27-15-6-2-1-3-7-15/h1-13,19,22-23H,(H,21,24). The molecular formula is C20H17N3O4S. The molecule has 7 nitrogen and oxygen atoms in total. The zero-order valence-corrected chi connectivity index (χ0v) is 15.4. The van der Waals surface area contributed by atoms with E-state index >= 15 is 0 Å². The first-order valence-electron chi connectivity index (χ1n) is 8.53. The normalized spacial score (nSPS) is 17.1. The number of rotatable bonds is 4. The van der Waals surface area contributed by atoms with Gasteiger partial charge >= 0.3 is 0 Å². The van der Waals surface area contributed by atoms with Gasteiger partial charge in [-0.1, -0.05) is 30.3 Å². The summed E-state index contributed by atoms with van der Waals surface area (Å²) in [5, 5.41) is 5.58. The second kappa shape index (κ2) is 7.34. The van der Waals surface area contributed by atoms with Crippen LogP contribution in [0.3, 0.4) is 0 Å². The van der Waals surface area contributed by atoms with Crippen LogP contribution in [0.4, 0.5) is 11.4 Å². The Morgan fingerprint density at radius 2 is 1.50 bits per heavy atom. The number of carbonyl (C=O) groups excluding carboxylic acids is 1. The van der Waals surface area contributed by atoms with E-state index in [2.05, 4.69) is 15.4 Å². The molecule has 3 aromatic rings. The smallest absolute Gasteiger partial charge is 0.262 e. The molecule has 1 heterocycles. The van der Waals surface area contributed by atoms with Crippen LogP contribution in [0.25, 0.3) is 0 Å². The van der Waals surface area contributed by atoms with Crippen LogP contribution >= 0.6 is 0 Å². The number of sulfonamides is 1. The zero-order valence-electron chi connectivity index (χ0n) is 14.6. The van der Waals surface area contributed by atoms with E-state index in [1.54, 1.807) is 42.5 Å². The van der Waals surface area contributed by atoms with Crippen molar-refractivity contribution in [2.75, 3.05) is 10.6 Å². The average molecular weight is 395 g/mol. The van der Waals surface area contributed by atoms with Crippen LogP contribution in [-0.4, -0.2) is 20.5 Å². The largest absolute Gasteiger partial charge is 0.457 e. The lowest BCUT2D eigenvalue weighted by molar-refractivity contribution is -0.117. The fourth-order valence-corrected chi connectivity index (χ4v) is 4.07. The minimum Gasteiger partial charge on any atom is -0.457 e. The number of hydrogen-bond donors (Lipinski definition) is 3. The van der Waals surface area contributed by atoms with Crippen molar-refractivity contribution in [2.24, 2.45) is 0 Å². The number of anilines is 2. The van der Waals surface area contributed by atoms with Crippen molar-refractivity contribution in [3.05, 3.63) is 78.9 Å². The Balaban J connectivity index is 1.44. The third-order valence-corrected chi connectivity index (χ3v) is 5.59. The molecule has 28 heavy (non-hydrogen) atoms. The molecule has 3 N–H and O–H groups in total. The van der Waals surface area contributed by atoms with E-state index in [-0.39, 0.29) is 4.90 Å². The van der Waals surface area contributed by atoms with Crippen LogP contribution in [0.1, 0.15) is 0 Å². The van der Waals surface area contributed by atoms with Crippen molar-refractivity contribution >= 4 is 27.3 Å². The van der Waals surface area contributed by atoms with Crippen molar-refractivity contribution < 1.29 is 17.9 Å². The van der Waals surface area contributed by atoms with Gasteiger partial charge in [0, 0.05) is 5.69 Å². The molecule has 0 saturated heterocycles. The van der Waals surface area contributed by atoms with E-state index in [0.29, 0.717) is 22.9 Å². The molecule has 1 atom stereocenters. The number of benzene rings is 3. The molecule has 3 aromatic carbocycles. The number of para-hydroxylation sites is 2. The second-order valence-electron chi connectivity index (χ2n) is 6.12. The van der Waals surface area contributed by atoms with Crippen LogP contribution in [0, 0.1) is 0 Å². The van der Waals surface area contributed by atoms with Gasteiger partial charge in [-0.2, -0.15) is 4.72 Å². The number of carbonyl (C=O) groups is 1. The molecule has 1 aliphatic heterocycles. The minimum atomic E-state index is -3.76. The molecule has 142 valence electrons. The number of fused-ring (bicyclic) bond motifs is 1. The monoisotopic (exact) mass is 395 g/mol. The van der Waals surface area contributed by atoms with Crippen LogP contribution in [-0.2, 0) is 14.8 Å². The lowest BCUT2D eigenvalue weighted by atomic mass is 10.2. The Morgan fingerprint density at radius 3 is 2.25 bits per heavy atom. The molecule has 0 aromatic heterocycles. The van der Waals surface area contributed by atoms with Gasteiger partial charge < -0.3 is 15.4 Å². The second-order valence-corrected chi connectivity index (χ2v) is 7.81. The van der Waals surface area contributed by atoms with E-state index in [1.807, 2.05) is 30.3 Å². The first-order valence-corrected chi connectivity index (χ1v) is 10.0. The van der Waals surface area contributed by atoms with Gasteiger partial charge in [0.05, 0.1) is 5.69 Å². The highest BCUT2D eigenvalue weighted by atomic mass is 32.2. The lowest BCUT2D eigenvalue weighted by Crippen LogP contribution is -2.51. The quantitative estimate of drug-likeness (QED) is 0.631. The first kappa shape index (κ1) is 18.0. The molecule has 0 saturated carbocycles. The van der Waals surface area contributed by atoms with Gasteiger partial charge in [0.2, 0.25) is 10.0 Å². The van der Waals surface area contributed by atoms with Gasteiger partial charge in [0.25, 0.3) is 5.91 Å². The molecule has 0 aliphatic carbocycles. The summed E-state index contributed by atoms with van der Waals surface area (Å²) in [6.45, 7) is 0. The maximum atomic E-state index is 12.5. The Bertz CT molecular complexity index is 1100. The van der Waals surface area contributed by atoms with E-state index in [1.165, 1.54) is 6.07 Å².